The molecular weight excluding hydrogens is 226 g/mol. The molecule has 2 heterocycles. The number of anilines is 2. The fourth-order valence-corrected chi connectivity index (χ4v) is 2.66. The molecule has 0 saturated heterocycles. The second-order valence-electron chi connectivity index (χ2n) is 4.33. The molecule has 1 fully saturated rings. The highest BCUT2D eigenvalue weighted by Crippen LogP contribution is 2.35. The first-order valence-electron chi connectivity index (χ1n) is 5.47. The summed E-state index contributed by atoms with van der Waals surface area (Å²) in [7, 11) is 0. The predicted molar refractivity (Wildman–Crippen MR) is 62.6 cm³/mol. The van der Waals surface area contributed by atoms with Crippen LogP contribution in [0.25, 0.3) is 0 Å². The van der Waals surface area contributed by atoms with Gasteiger partial charge in [-0.1, -0.05) is 18.0 Å². The molecule has 2 atom stereocenters. The van der Waals surface area contributed by atoms with Crippen LogP contribution < -0.4 is 10.6 Å². The van der Waals surface area contributed by atoms with Gasteiger partial charge in [0.05, 0.1) is 16.6 Å². The Hall–Kier alpha value is -1.29. The van der Waals surface area contributed by atoms with Gasteiger partial charge >= 0.3 is 0 Å². The molecule has 2 N–H and O–H groups in total. The fourth-order valence-electron chi connectivity index (χ4n) is 2.50. The van der Waals surface area contributed by atoms with Gasteiger partial charge in [0, 0.05) is 12.2 Å². The third-order valence-electron chi connectivity index (χ3n) is 3.29. The first kappa shape index (κ1) is 9.90. The number of nitrogens with one attached hydrogen (secondary N) is 2. The van der Waals surface area contributed by atoms with Gasteiger partial charge in [-0.2, -0.15) is 0 Å². The van der Waals surface area contributed by atoms with Crippen LogP contribution in [0, 0.1) is 5.92 Å². The van der Waals surface area contributed by atoms with Crippen LogP contribution in [-0.4, -0.2) is 16.9 Å². The zero-order valence-corrected chi connectivity index (χ0v) is 9.42. The molecule has 0 spiro atoms. The quantitative estimate of drug-likeness (QED) is 0.728. The second-order valence-corrected chi connectivity index (χ2v) is 4.76. The van der Waals surface area contributed by atoms with E-state index in [9.17, 15) is 4.79 Å². The number of pyridine rings is 1. The summed E-state index contributed by atoms with van der Waals surface area (Å²) in [6.07, 6.45) is 4.67. The van der Waals surface area contributed by atoms with Gasteiger partial charge < -0.3 is 10.6 Å². The normalized spacial score (nSPS) is 27.4. The van der Waals surface area contributed by atoms with Gasteiger partial charge in [0.1, 0.15) is 5.82 Å². The summed E-state index contributed by atoms with van der Waals surface area (Å²) in [5.41, 5.74) is 0.687. The Balaban J connectivity index is 2.01. The van der Waals surface area contributed by atoms with Crippen molar-refractivity contribution in [1.29, 1.82) is 0 Å². The Morgan fingerprint density at radius 1 is 1.44 bits per heavy atom. The molecule has 1 aliphatic carbocycles. The molecule has 0 bridgehead atoms. The van der Waals surface area contributed by atoms with Crippen molar-refractivity contribution in [3.05, 3.63) is 17.3 Å². The molecule has 0 radical (unpaired) electrons. The van der Waals surface area contributed by atoms with Crippen molar-refractivity contribution >= 4 is 29.0 Å². The van der Waals surface area contributed by atoms with Gasteiger partial charge in [0.15, 0.2) is 0 Å². The van der Waals surface area contributed by atoms with E-state index >= 15 is 0 Å². The second kappa shape index (κ2) is 3.63. The van der Waals surface area contributed by atoms with E-state index in [-0.39, 0.29) is 17.9 Å². The van der Waals surface area contributed by atoms with Crippen LogP contribution in [-0.2, 0) is 4.79 Å². The van der Waals surface area contributed by atoms with E-state index < -0.39 is 0 Å². The van der Waals surface area contributed by atoms with Crippen molar-refractivity contribution in [2.75, 3.05) is 10.6 Å². The Bertz CT molecular complexity index is 449. The SMILES string of the molecule is O=C1Nc2cc(Cl)cnc2NC2CCCC12. The van der Waals surface area contributed by atoms with Crippen molar-refractivity contribution in [1.82, 2.24) is 4.98 Å². The molecule has 5 heteroatoms. The standard InChI is InChI=1S/C11H12ClN3O/c12-6-4-9-10(13-5-6)14-8-3-1-2-7(8)11(16)15-9/h4-5,7-8H,1-3H2,(H,13,14)(H,15,16). The maximum Gasteiger partial charge on any atom is 0.229 e. The fraction of sp³-hybridized carbons (Fsp3) is 0.455. The lowest BCUT2D eigenvalue weighted by atomic mass is 10.0. The number of amides is 1. The number of aromatic nitrogens is 1. The van der Waals surface area contributed by atoms with E-state index in [1.807, 2.05) is 0 Å². The third kappa shape index (κ3) is 1.53. The highest BCUT2D eigenvalue weighted by atomic mass is 35.5. The van der Waals surface area contributed by atoms with Gasteiger partial charge in [-0.3, -0.25) is 4.79 Å². The molecule has 4 nitrogen and oxygen atoms in total. The molecule has 1 amide bonds. The van der Waals surface area contributed by atoms with Crippen LogP contribution in [0.5, 0.6) is 0 Å². The predicted octanol–water partition coefficient (Wildman–Crippen LogP) is 2.27. The van der Waals surface area contributed by atoms with E-state index in [1.165, 1.54) is 0 Å². The topological polar surface area (TPSA) is 54.0 Å². The Labute approximate surface area is 98.4 Å². The van der Waals surface area contributed by atoms with Crippen molar-refractivity contribution in [2.45, 2.75) is 25.3 Å². The summed E-state index contributed by atoms with van der Waals surface area (Å²) < 4.78 is 0. The summed E-state index contributed by atoms with van der Waals surface area (Å²) >= 11 is 5.86. The number of halogens is 1. The summed E-state index contributed by atoms with van der Waals surface area (Å²) in [4.78, 5) is 16.2. The molecule has 16 heavy (non-hydrogen) atoms. The average Bonchev–Trinajstić information content (AvgIpc) is 2.65. The Kier molecular flexibility index (Phi) is 2.24. The van der Waals surface area contributed by atoms with Gasteiger partial charge in [-0.15, -0.1) is 0 Å². The number of hydrogen-bond acceptors (Lipinski definition) is 3. The number of carbonyl (C=O) groups excluding carboxylic acids is 1. The lowest BCUT2D eigenvalue weighted by Gasteiger charge is -2.15. The molecule has 1 aromatic rings. The number of nitrogens with zero attached hydrogens (tertiary/aromatic N) is 1. The minimum absolute atomic E-state index is 0.0629. The molecular formula is C11H12ClN3O. The van der Waals surface area contributed by atoms with Crippen molar-refractivity contribution in [2.24, 2.45) is 5.92 Å². The van der Waals surface area contributed by atoms with Crippen LogP contribution in [0.2, 0.25) is 5.02 Å². The van der Waals surface area contributed by atoms with Crippen molar-refractivity contribution < 1.29 is 4.79 Å². The highest BCUT2D eigenvalue weighted by molar-refractivity contribution is 6.31. The Morgan fingerprint density at radius 3 is 3.19 bits per heavy atom. The van der Waals surface area contributed by atoms with Crippen LogP contribution in [0.4, 0.5) is 11.5 Å². The molecule has 2 unspecified atom stereocenters. The summed E-state index contributed by atoms with van der Waals surface area (Å²) in [5.74, 6) is 0.873. The van der Waals surface area contributed by atoms with Crippen molar-refractivity contribution in [3.63, 3.8) is 0 Å². The molecule has 0 aromatic carbocycles. The van der Waals surface area contributed by atoms with E-state index in [4.69, 9.17) is 11.6 Å². The van der Waals surface area contributed by atoms with Crippen LogP contribution in [0.15, 0.2) is 12.3 Å². The molecule has 1 aliphatic heterocycles. The van der Waals surface area contributed by atoms with Crippen LogP contribution in [0.1, 0.15) is 19.3 Å². The smallest absolute Gasteiger partial charge is 0.229 e. The van der Waals surface area contributed by atoms with Gasteiger partial charge in [-0.25, -0.2) is 4.98 Å². The number of fused-ring (bicyclic) bond motifs is 2. The van der Waals surface area contributed by atoms with Gasteiger partial charge in [0.2, 0.25) is 5.91 Å². The van der Waals surface area contributed by atoms with Gasteiger partial charge in [-0.05, 0) is 18.9 Å². The van der Waals surface area contributed by atoms with Crippen LogP contribution >= 0.6 is 11.6 Å². The minimum atomic E-state index is 0.0629. The number of carbonyl (C=O) groups is 1. The Morgan fingerprint density at radius 2 is 2.31 bits per heavy atom. The molecule has 84 valence electrons. The minimum Gasteiger partial charge on any atom is -0.365 e. The van der Waals surface area contributed by atoms with E-state index in [1.54, 1.807) is 12.3 Å². The lowest BCUT2D eigenvalue weighted by Crippen LogP contribution is -2.30. The lowest BCUT2D eigenvalue weighted by molar-refractivity contribution is -0.119. The number of hydrogen-bond donors (Lipinski definition) is 2. The zero-order chi connectivity index (χ0) is 11.1. The number of rotatable bonds is 0. The molecule has 1 aromatic heterocycles. The average molecular weight is 238 g/mol. The highest BCUT2D eigenvalue weighted by Gasteiger charge is 2.36. The van der Waals surface area contributed by atoms with E-state index in [0.717, 1.165) is 25.1 Å². The molecule has 2 aliphatic rings. The maximum atomic E-state index is 11.9. The van der Waals surface area contributed by atoms with E-state index in [2.05, 4.69) is 15.6 Å². The monoisotopic (exact) mass is 237 g/mol. The maximum absolute atomic E-state index is 11.9. The van der Waals surface area contributed by atoms with Crippen molar-refractivity contribution in [3.8, 4) is 0 Å². The summed E-state index contributed by atoms with van der Waals surface area (Å²) in [5, 5.41) is 6.75. The van der Waals surface area contributed by atoms with Crippen LogP contribution in [0.3, 0.4) is 0 Å². The largest absolute Gasteiger partial charge is 0.365 e. The summed E-state index contributed by atoms with van der Waals surface area (Å²) in [6.45, 7) is 0. The molecule has 3 rings (SSSR count). The molecule has 1 saturated carbocycles. The zero-order valence-electron chi connectivity index (χ0n) is 8.66. The van der Waals surface area contributed by atoms with E-state index in [0.29, 0.717) is 10.7 Å². The first-order valence-corrected chi connectivity index (χ1v) is 5.85. The first-order chi connectivity index (χ1) is 7.74. The summed E-state index contributed by atoms with van der Waals surface area (Å²) in [6, 6.07) is 1.95. The van der Waals surface area contributed by atoms with Gasteiger partial charge in [0.25, 0.3) is 0 Å². The third-order valence-corrected chi connectivity index (χ3v) is 3.49.